The molecule has 0 fully saturated rings. The molecule has 0 amide bonds. The highest BCUT2D eigenvalue weighted by atomic mass is 16.5. The van der Waals surface area contributed by atoms with Crippen molar-refractivity contribution in [2.45, 2.75) is 26.9 Å². The summed E-state index contributed by atoms with van der Waals surface area (Å²) in [7, 11) is 0. The Hall–Kier alpha value is -2.91. The van der Waals surface area contributed by atoms with Gasteiger partial charge in [0, 0.05) is 12.0 Å². The molecule has 3 heteroatoms. The van der Waals surface area contributed by atoms with Crippen LogP contribution in [0.15, 0.2) is 66.7 Å². The van der Waals surface area contributed by atoms with Gasteiger partial charge >= 0.3 is 5.97 Å². The Morgan fingerprint density at radius 3 is 2.44 bits per heavy atom. The van der Waals surface area contributed by atoms with Crippen LogP contribution in [0.2, 0.25) is 0 Å². The maximum absolute atomic E-state index is 11.7. The number of hydrogen-bond donors (Lipinski definition) is 1. The number of rotatable bonds is 6. The van der Waals surface area contributed by atoms with Crippen LogP contribution in [0.4, 0.5) is 0 Å². The van der Waals surface area contributed by atoms with Gasteiger partial charge in [0.15, 0.2) is 0 Å². The number of benzene rings is 3. The van der Waals surface area contributed by atoms with Gasteiger partial charge in [-0.3, -0.25) is 0 Å². The summed E-state index contributed by atoms with van der Waals surface area (Å²) in [6, 6.07) is 18.6. The van der Waals surface area contributed by atoms with E-state index >= 15 is 0 Å². The lowest BCUT2D eigenvalue weighted by Crippen LogP contribution is -2.08. The van der Waals surface area contributed by atoms with E-state index in [1.54, 1.807) is 6.92 Å². The molecule has 0 aliphatic rings. The summed E-state index contributed by atoms with van der Waals surface area (Å²) >= 11 is 0. The minimum absolute atomic E-state index is 0.0288. The molecule has 3 aromatic carbocycles. The van der Waals surface area contributed by atoms with Crippen molar-refractivity contribution in [3.05, 3.63) is 83.4 Å². The van der Waals surface area contributed by atoms with Crippen LogP contribution < -0.4 is 0 Å². The predicted molar refractivity (Wildman–Crippen MR) is 110 cm³/mol. The van der Waals surface area contributed by atoms with Crippen molar-refractivity contribution in [2.24, 2.45) is 0 Å². The van der Waals surface area contributed by atoms with Crippen molar-refractivity contribution in [1.29, 1.82) is 0 Å². The average molecular weight is 360 g/mol. The fourth-order valence-corrected chi connectivity index (χ4v) is 3.11. The summed E-state index contributed by atoms with van der Waals surface area (Å²) < 4.78 is 5.30. The maximum Gasteiger partial charge on any atom is 0.333 e. The van der Waals surface area contributed by atoms with Crippen molar-refractivity contribution < 1.29 is 14.6 Å². The van der Waals surface area contributed by atoms with Gasteiger partial charge in [-0.05, 0) is 52.9 Å². The molecule has 0 aromatic heterocycles. The second kappa shape index (κ2) is 8.19. The molecule has 0 saturated heterocycles. The topological polar surface area (TPSA) is 46.5 Å². The van der Waals surface area contributed by atoms with Crippen LogP contribution in [0.1, 0.15) is 23.6 Å². The largest absolute Gasteiger partial charge is 0.462 e. The predicted octanol–water partition coefficient (Wildman–Crippen LogP) is 4.97. The van der Waals surface area contributed by atoms with E-state index in [0.29, 0.717) is 18.6 Å². The molecule has 0 atom stereocenters. The van der Waals surface area contributed by atoms with Gasteiger partial charge < -0.3 is 9.84 Å². The summed E-state index contributed by atoms with van der Waals surface area (Å²) in [5.74, 6) is -0.361. The van der Waals surface area contributed by atoms with E-state index in [1.165, 1.54) is 16.3 Å². The third kappa shape index (κ3) is 4.44. The maximum atomic E-state index is 11.7. The molecule has 0 aliphatic carbocycles. The Bertz CT molecular complexity index is 984. The third-order valence-electron chi connectivity index (χ3n) is 4.62. The normalized spacial score (nSPS) is 10.8. The minimum Gasteiger partial charge on any atom is -0.462 e. The van der Waals surface area contributed by atoms with Gasteiger partial charge in [0.05, 0.1) is 13.2 Å². The van der Waals surface area contributed by atoms with Gasteiger partial charge in [-0.2, -0.15) is 0 Å². The Balaban J connectivity index is 1.98. The molecule has 138 valence electrons. The lowest BCUT2D eigenvalue weighted by atomic mass is 9.93. The SMILES string of the molecule is C=C(C)C(=O)OCCc1cc2cc(C)ccc2cc1-c1ccc(CO)cc1. The quantitative estimate of drug-likeness (QED) is 0.499. The Morgan fingerprint density at radius 2 is 1.78 bits per heavy atom. The van der Waals surface area contributed by atoms with Crippen molar-refractivity contribution in [3.8, 4) is 11.1 Å². The first-order chi connectivity index (χ1) is 13.0. The number of carbonyl (C=O) groups is 1. The van der Waals surface area contributed by atoms with Crippen molar-refractivity contribution in [3.63, 3.8) is 0 Å². The summed E-state index contributed by atoms with van der Waals surface area (Å²) in [4.78, 5) is 11.7. The number of esters is 1. The van der Waals surface area contributed by atoms with Gasteiger partial charge in [-0.25, -0.2) is 4.79 Å². The number of ether oxygens (including phenoxy) is 1. The van der Waals surface area contributed by atoms with E-state index in [0.717, 1.165) is 22.3 Å². The molecule has 0 bridgehead atoms. The molecule has 27 heavy (non-hydrogen) atoms. The highest BCUT2D eigenvalue weighted by Crippen LogP contribution is 2.30. The Morgan fingerprint density at radius 1 is 1.04 bits per heavy atom. The number of fused-ring (bicyclic) bond motifs is 1. The molecule has 0 aliphatic heterocycles. The first-order valence-electron chi connectivity index (χ1n) is 9.04. The Kier molecular flexibility index (Phi) is 5.72. The first-order valence-corrected chi connectivity index (χ1v) is 9.04. The summed E-state index contributed by atoms with van der Waals surface area (Å²) in [5.41, 5.74) is 5.82. The molecule has 1 N–H and O–H groups in total. The molecule has 3 nitrogen and oxygen atoms in total. The zero-order valence-electron chi connectivity index (χ0n) is 15.8. The second-order valence-corrected chi connectivity index (χ2v) is 6.88. The standard InChI is InChI=1S/C24H24O3/c1-16(2)24(26)27-11-10-21-13-22-12-17(3)4-7-20(22)14-23(21)19-8-5-18(15-25)6-9-19/h4-9,12-14,25H,1,10-11,15H2,2-3H3. The van der Waals surface area contributed by atoms with Crippen molar-refractivity contribution in [1.82, 2.24) is 0 Å². The molecule has 3 aromatic rings. The van der Waals surface area contributed by atoms with Crippen LogP contribution >= 0.6 is 0 Å². The van der Waals surface area contributed by atoms with Crippen LogP contribution in [-0.2, 0) is 22.6 Å². The van der Waals surface area contributed by atoms with Crippen LogP contribution in [0.5, 0.6) is 0 Å². The van der Waals surface area contributed by atoms with E-state index in [-0.39, 0.29) is 12.6 Å². The number of carbonyl (C=O) groups excluding carboxylic acids is 1. The van der Waals surface area contributed by atoms with Gasteiger partial charge in [0.2, 0.25) is 0 Å². The minimum atomic E-state index is -0.361. The van der Waals surface area contributed by atoms with Gasteiger partial charge in [-0.15, -0.1) is 0 Å². The van der Waals surface area contributed by atoms with Crippen LogP contribution in [-0.4, -0.2) is 17.7 Å². The average Bonchev–Trinajstić information content (AvgIpc) is 2.67. The summed E-state index contributed by atoms with van der Waals surface area (Å²) in [5, 5.41) is 11.6. The summed E-state index contributed by atoms with van der Waals surface area (Å²) in [6.07, 6.45) is 0.625. The van der Waals surface area contributed by atoms with E-state index in [1.807, 2.05) is 24.3 Å². The van der Waals surface area contributed by atoms with Crippen LogP contribution in [0.25, 0.3) is 21.9 Å². The molecular weight excluding hydrogens is 336 g/mol. The molecule has 0 unspecified atom stereocenters. The smallest absolute Gasteiger partial charge is 0.333 e. The highest BCUT2D eigenvalue weighted by molar-refractivity contribution is 5.90. The lowest BCUT2D eigenvalue weighted by Gasteiger charge is -2.13. The van der Waals surface area contributed by atoms with E-state index in [2.05, 4.69) is 43.8 Å². The molecule has 0 radical (unpaired) electrons. The molecule has 0 spiro atoms. The monoisotopic (exact) mass is 360 g/mol. The van der Waals surface area contributed by atoms with Crippen LogP contribution in [0.3, 0.4) is 0 Å². The second-order valence-electron chi connectivity index (χ2n) is 6.88. The molecular formula is C24H24O3. The van der Waals surface area contributed by atoms with Gasteiger partial charge in [-0.1, -0.05) is 60.7 Å². The summed E-state index contributed by atoms with van der Waals surface area (Å²) in [6.45, 7) is 7.68. The highest BCUT2D eigenvalue weighted by Gasteiger charge is 2.10. The molecule has 3 rings (SSSR count). The van der Waals surface area contributed by atoms with Gasteiger partial charge in [0.25, 0.3) is 0 Å². The molecule has 0 saturated carbocycles. The number of aliphatic hydroxyl groups is 1. The van der Waals surface area contributed by atoms with Crippen molar-refractivity contribution >= 4 is 16.7 Å². The first kappa shape index (κ1) is 18.9. The van der Waals surface area contributed by atoms with Crippen molar-refractivity contribution in [2.75, 3.05) is 6.61 Å². The third-order valence-corrected chi connectivity index (χ3v) is 4.62. The fourth-order valence-electron chi connectivity index (χ4n) is 3.11. The van der Waals surface area contributed by atoms with Crippen LogP contribution in [0, 0.1) is 6.92 Å². The number of hydrogen-bond acceptors (Lipinski definition) is 3. The van der Waals surface area contributed by atoms with E-state index in [9.17, 15) is 9.90 Å². The fraction of sp³-hybridized carbons (Fsp3) is 0.208. The van der Waals surface area contributed by atoms with E-state index < -0.39 is 0 Å². The lowest BCUT2D eigenvalue weighted by molar-refractivity contribution is -0.138. The van der Waals surface area contributed by atoms with Gasteiger partial charge in [0.1, 0.15) is 0 Å². The zero-order valence-corrected chi connectivity index (χ0v) is 15.8. The Labute approximate surface area is 159 Å². The number of aliphatic hydroxyl groups excluding tert-OH is 1. The van der Waals surface area contributed by atoms with E-state index in [4.69, 9.17) is 4.74 Å². The zero-order chi connectivity index (χ0) is 19.4. The number of aryl methyl sites for hydroxylation is 1. The molecule has 0 heterocycles.